The summed E-state index contributed by atoms with van der Waals surface area (Å²) >= 11 is 0. The Bertz CT molecular complexity index is 115. The molecule has 2 N–H and O–H groups in total. The zero-order chi connectivity index (χ0) is 9.23. The maximum Gasteiger partial charge on any atom is 0.219 e. The largest absolute Gasteiger partial charge is 0.396 e. The maximum absolute atomic E-state index is 11.0. The maximum atomic E-state index is 11.0. The summed E-state index contributed by atoms with van der Waals surface area (Å²) in [5.41, 5.74) is 0. The first-order valence-electron chi connectivity index (χ1n) is 4.68. The number of hydrogen-bond acceptors (Lipinski definition) is 2. The number of amides is 1. The van der Waals surface area contributed by atoms with Gasteiger partial charge in [0.15, 0.2) is 0 Å². The molecule has 3 heteroatoms. The van der Waals surface area contributed by atoms with Gasteiger partial charge in [0.25, 0.3) is 0 Å². The van der Waals surface area contributed by atoms with Crippen LogP contribution in [0.4, 0.5) is 0 Å². The van der Waals surface area contributed by atoms with Crippen molar-refractivity contribution in [3.8, 4) is 0 Å². The van der Waals surface area contributed by atoms with E-state index in [0.717, 1.165) is 32.2 Å². The van der Waals surface area contributed by atoms with E-state index in [9.17, 15) is 4.79 Å². The highest BCUT2D eigenvalue weighted by molar-refractivity contribution is 5.75. The summed E-state index contributed by atoms with van der Waals surface area (Å²) in [7, 11) is 0. The summed E-state index contributed by atoms with van der Waals surface area (Å²) in [4.78, 5) is 11.0. The lowest BCUT2D eigenvalue weighted by Crippen LogP contribution is -2.23. The van der Waals surface area contributed by atoms with Crippen LogP contribution in [0.25, 0.3) is 0 Å². The van der Waals surface area contributed by atoms with Gasteiger partial charge >= 0.3 is 0 Å². The average molecular weight is 173 g/mol. The lowest BCUT2D eigenvalue weighted by Gasteiger charge is -2.02. The molecule has 0 bridgehead atoms. The molecule has 0 rings (SSSR count). The third kappa shape index (κ3) is 7.54. The van der Waals surface area contributed by atoms with Gasteiger partial charge in [-0.15, -0.1) is 0 Å². The summed E-state index contributed by atoms with van der Waals surface area (Å²) in [6.07, 6.45) is 4.22. The van der Waals surface area contributed by atoms with Crippen LogP contribution in [0.2, 0.25) is 0 Å². The van der Waals surface area contributed by atoms with Gasteiger partial charge in [0, 0.05) is 19.6 Å². The molecule has 0 saturated carbocycles. The molecule has 0 aliphatic rings. The van der Waals surface area contributed by atoms with Crippen molar-refractivity contribution in [2.45, 2.75) is 39.0 Å². The Morgan fingerprint density at radius 2 is 2.08 bits per heavy atom. The summed E-state index contributed by atoms with van der Waals surface area (Å²) in [5, 5.41) is 11.3. The average Bonchev–Trinajstić information content (AvgIpc) is 2.09. The third-order valence-electron chi connectivity index (χ3n) is 1.63. The van der Waals surface area contributed by atoms with Crippen LogP contribution >= 0.6 is 0 Å². The molecule has 0 aliphatic heterocycles. The fourth-order valence-corrected chi connectivity index (χ4v) is 0.927. The number of aliphatic hydroxyl groups is 1. The minimum atomic E-state index is 0.134. The van der Waals surface area contributed by atoms with Gasteiger partial charge in [-0.2, -0.15) is 0 Å². The zero-order valence-electron chi connectivity index (χ0n) is 7.81. The van der Waals surface area contributed by atoms with E-state index in [2.05, 4.69) is 5.32 Å². The molecule has 0 aromatic rings. The Morgan fingerprint density at radius 1 is 1.33 bits per heavy atom. The van der Waals surface area contributed by atoms with Crippen LogP contribution in [0.3, 0.4) is 0 Å². The molecule has 1 amide bonds. The van der Waals surface area contributed by atoms with Crippen molar-refractivity contribution in [2.24, 2.45) is 0 Å². The van der Waals surface area contributed by atoms with Crippen molar-refractivity contribution in [3.05, 3.63) is 0 Å². The Hall–Kier alpha value is -0.570. The van der Waals surface area contributed by atoms with Crippen LogP contribution in [0.15, 0.2) is 0 Å². The number of carbonyl (C=O) groups is 1. The van der Waals surface area contributed by atoms with E-state index in [1.807, 2.05) is 6.92 Å². The predicted octanol–water partition coefficient (Wildman–Crippen LogP) is 1.07. The molecule has 0 atom stereocenters. The molecular weight excluding hydrogens is 154 g/mol. The summed E-state index contributed by atoms with van der Waals surface area (Å²) in [5.74, 6) is 0.134. The first-order valence-corrected chi connectivity index (χ1v) is 4.68. The monoisotopic (exact) mass is 173 g/mol. The molecule has 72 valence electrons. The first-order chi connectivity index (χ1) is 5.81. The van der Waals surface area contributed by atoms with Crippen LogP contribution in [0.5, 0.6) is 0 Å². The standard InChI is InChI=1S/C9H19NO2/c1-2-7-10-9(12)6-4-3-5-8-11/h11H,2-8H2,1H3,(H,10,12). The van der Waals surface area contributed by atoms with Gasteiger partial charge < -0.3 is 10.4 Å². The molecule has 0 aliphatic carbocycles. The first kappa shape index (κ1) is 11.4. The zero-order valence-corrected chi connectivity index (χ0v) is 7.81. The molecule has 0 saturated heterocycles. The second-order valence-electron chi connectivity index (χ2n) is 2.88. The highest BCUT2D eigenvalue weighted by atomic mass is 16.2. The molecule has 0 aromatic heterocycles. The Morgan fingerprint density at radius 3 is 2.67 bits per heavy atom. The van der Waals surface area contributed by atoms with Crippen LogP contribution in [-0.2, 0) is 4.79 Å². The van der Waals surface area contributed by atoms with Gasteiger partial charge in [0.1, 0.15) is 0 Å². The lowest BCUT2D eigenvalue weighted by atomic mass is 10.2. The lowest BCUT2D eigenvalue weighted by molar-refractivity contribution is -0.121. The van der Waals surface area contributed by atoms with Gasteiger partial charge in [-0.25, -0.2) is 0 Å². The molecule has 0 radical (unpaired) electrons. The Kier molecular flexibility index (Phi) is 8.12. The van der Waals surface area contributed by atoms with Crippen molar-refractivity contribution >= 4 is 5.91 Å². The Labute approximate surface area is 74.2 Å². The predicted molar refractivity (Wildman–Crippen MR) is 48.9 cm³/mol. The number of aliphatic hydroxyl groups excluding tert-OH is 1. The van der Waals surface area contributed by atoms with E-state index >= 15 is 0 Å². The van der Waals surface area contributed by atoms with Gasteiger partial charge in [0.2, 0.25) is 5.91 Å². The van der Waals surface area contributed by atoms with Crippen LogP contribution in [0.1, 0.15) is 39.0 Å². The SMILES string of the molecule is CCCNC(=O)CCCCCO. The highest BCUT2D eigenvalue weighted by Crippen LogP contribution is 1.98. The minimum absolute atomic E-state index is 0.134. The van der Waals surface area contributed by atoms with Gasteiger partial charge in [0.05, 0.1) is 0 Å². The fourth-order valence-electron chi connectivity index (χ4n) is 0.927. The van der Waals surface area contributed by atoms with Gasteiger partial charge in [-0.3, -0.25) is 4.79 Å². The summed E-state index contributed by atoms with van der Waals surface area (Å²) in [6, 6.07) is 0. The quantitative estimate of drug-likeness (QED) is 0.566. The Balaban J connectivity index is 3.08. The van der Waals surface area contributed by atoms with E-state index in [1.54, 1.807) is 0 Å². The summed E-state index contributed by atoms with van der Waals surface area (Å²) in [6.45, 7) is 3.04. The number of unbranched alkanes of at least 4 members (excludes halogenated alkanes) is 2. The van der Waals surface area contributed by atoms with E-state index in [0.29, 0.717) is 6.42 Å². The van der Waals surface area contributed by atoms with Crippen LogP contribution < -0.4 is 5.32 Å². The molecule has 12 heavy (non-hydrogen) atoms. The molecule has 0 heterocycles. The van der Waals surface area contributed by atoms with E-state index in [-0.39, 0.29) is 12.5 Å². The van der Waals surface area contributed by atoms with Crippen molar-refractivity contribution in [1.29, 1.82) is 0 Å². The normalized spacial score (nSPS) is 9.83. The number of hydrogen-bond donors (Lipinski definition) is 2. The van der Waals surface area contributed by atoms with Crippen LogP contribution in [0, 0.1) is 0 Å². The van der Waals surface area contributed by atoms with Crippen LogP contribution in [-0.4, -0.2) is 24.2 Å². The number of rotatable bonds is 7. The number of carbonyl (C=O) groups excluding carboxylic acids is 1. The van der Waals surface area contributed by atoms with Crippen molar-refractivity contribution in [3.63, 3.8) is 0 Å². The van der Waals surface area contributed by atoms with Crippen molar-refractivity contribution in [1.82, 2.24) is 5.32 Å². The third-order valence-corrected chi connectivity index (χ3v) is 1.63. The van der Waals surface area contributed by atoms with Crippen molar-refractivity contribution < 1.29 is 9.90 Å². The second kappa shape index (κ2) is 8.53. The highest BCUT2D eigenvalue weighted by Gasteiger charge is 1.98. The van der Waals surface area contributed by atoms with Gasteiger partial charge in [-0.05, 0) is 19.3 Å². The topological polar surface area (TPSA) is 49.3 Å². The van der Waals surface area contributed by atoms with Crippen molar-refractivity contribution in [2.75, 3.05) is 13.2 Å². The molecule has 3 nitrogen and oxygen atoms in total. The summed E-state index contributed by atoms with van der Waals surface area (Å²) < 4.78 is 0. The number of nitrogens with one attached hydrogen (secondary N) is 1. The molecule has 0 fully saturated rings. The minimum Gasteiger partial charge on any atom is -0.396 e. The smallest absolute Gasteiger partial charge is 0.219 e. The molecule has 0 aromatic carbocycles. The molecule has 0 spiro atoms. The van der Waals surface area contributed by atoms with E-state index in [4.69, 9.17) is 5.11 Å². The van der Waals surface area contributed by atoms with E-state index in [1.165, 1.54) is 0 Å². The van der Waals surface area contributed by atoms with E-state index < -0.39 is 0 Å². The fraction of sp³-hybridized carbons (Fsp3) is 0.889. The second-order valence-corrected chi connectivity index (χ2v) is 2.88. The molecule has 0 unspecified atom stereocenters. The van der Waals surface area contributed by atoms with Gasteiger partial charge in [-0.1, -0.05) is 13.3 Å². The molecular formula is C9H19NO2.